The molecule has 0 radical (unpaired) electrons. The van der Waals surface area contributed by atoms with Crippen LogP contribution in [0.4, 0.5) is 11.4 Å². The molecule has 1 atom stereocenters. The van der Waals surface area contributed by atoms with Crippen molar-refractivity contribution in [3.8, 4) is 0 Å². The second-order valence-corrected chi connectivity index (χ2v) is 5.05. The van der Waals surface area contributed by atoms with Crippen LogP contribution in [0.3, 0.4) is 0 Å². The van der Waals surface area contributed by atoms with E-state index in [9.17, 15) is 19.5 Å². The van der Waals surface area contributed by atoms with Crippen LogP contribution in [0.5, 0.6) is 0 Å². The molecule has 0 aliphatic carbocycles. The summed E-state index contributed by atoms with van der Waals surface area (Å²) in [7, 11) is 2.53. The molecule has 26 heavy (non-hydrogen) atoms. The number of hydrogen-bond donors (Lipinski definition) is 3. The zero-order valence-electron chi connectivity index (χ0n) is 14.8. The van der Waals surface area contributed by atoms with Crippen molar-refractivity contribution in [1.29, 1.82) is 0 Å². The van der Waals surface area contributed by atoms with Gasteiger partial charge in [0.25, 0.3) is 0 Å². The Bertz CT molecular complexity index is 712. The van der Waals surface area contributed by atoms with Crippen LogP contribution in [0.2, 0.25) is 0 Å². The fourth-order valence-electron chi connectivity index (χ4n) is 1.90. The number of methoxy groups -OCH3 is 2. The van der Waals surface area contributed by atoms with Gasteiger partial charge in [0.05, 0.1) is 7.11 Å². The van der Waals surface area contributed by atoms with Gasteiger partial charge in [-0.15, -0.1) is 0 Å². The fraction of sp³-hybridized carbons (Fsp3) is 0.278. The lowest BCUT2D eigenvalue weighted by atomic mass is 10.1. The smallest absolute Gasteiger partial charge is 0.330 e. The molecule has 0 aliphatic heterocycles. The summed E-state index contributed by atoms with van der Waals surface area (Å²) >= 11 is 0. The van der Waals surface area contributed by atoms with Crippen molar-refractivity contribution in [3.05, 3.63) is 48.1 Å². The number of rotatable bonds is 8. The molecule has 0 saturated heterocycles. The summed E-state index contributed by atoms with van der Waals surface area (Å²) in [6, 6.07) is 4.98. The minimum absolute atomic E-state index is 0.423. The van der Waals surface area contributed by atoms with Crippen LogP contribution >= 0.6 is 0 Å². The average molecular weight is 362 g/mol. The molecule has 8 nitrogen and oxygen atoms in total. The van der Waals surface area contributed by atoms with E-state index >= 15 is 0 Å². The standard InChI is InChI=1S/C18H22N2O6/c1-4-12-11-13(19-15(21)7-9-17(23)25-2)5-6-14(12)20-16(22)8-10-18(24)26-3/h5-11,18,24H,4H2,1-3H3,(H,19,21)(H,20,22)/b9-7-,10-8-. The SMILES string of the molecule is CCc1cc(NC(=O)/C=C\C(=O)OC)ccc1NC(=O)/C=C\C(O)OC. The number of aryl methyl sites for hydroxylation is 1. The lowest BCUT2D eigenvalue weighted by Crippen LogP contribution is -2.13. The first kappa shape index (κ1) is 21.1. The molecule has 0 bridgehead atoms. The molecule has 1 rings (SSSR count). The number of nitrogens with one attached hydrogen (secondary N) is 2. The Morgan fingerprint density at radius 1 is 1.12 bits per heavy atom. The van der Waals surface area contributed by atoms with Crippen molar-refractivity contribution in [2.45, 2.75) is 19.6 Å². The van der Waals surface area contributed by atoms with Crippen LogP contribution in [-0.4, -0.2) is 43.4 Å². The summed E-state index contributed by atoms with van der Waals surface area (Å²) in [6.07, 6.45) is 3.93. The lowest BCUT2D eigenvalue weighted by Gasteiger charge is -2.11. The molecule has 0 spiro atoms. The molecule has 0 aliphatic rings. The molecule has 1 unspecified atom stereocenters. The van der Waals surface area contributed by atoms with Crippen LogP contribution in [0, 0.1) is 0 Å². The second-order valence-electron chi connectivity index (χ2n) is 5.05. The largest absolute Gasteiger partial charge is 0.466 e. The van der Waals surface area contributed by atoms with E-state index in [1.807, 2.05) is 6.92 Å². The van der Waals surface area contributed by atoms with Gasteiger partial charge in [0.2, 0.25) is 11.8 Å². The Morgan fingerprint density at radius 3 is 2.42 bits per heavy atom. The molecule has 2 amide bonds. The van der Waals surface area contributed by atoms with E-state index < -0.39 is 24.1 Å². The Balaban J connectivity index is 2.79. The average Bonchev–Trinajstić information content (AvgIpc) is 2.65. The summed E-state index contributed by atoms with van der Waals surface area (Å²) in [4.78, 5) is 34.6. The molecule has 0 saturated carbocycles. The first-order valence-electron chi connectivity index (χ1n) is 7.79. The van der Waals surface area contributed by atoms with E-state index in [-0.39, 0.29) is 0 Å². The number of benzene rings is 1. The van der Waals surface area contributed by atoms with E-state index in [1.54, 1.807) is 18.2 Å². The molecule has 8 heteroatoms. The third-order valence-corrected chi connectivity index (χ3v) is 3.24. The minimum atomic E-state index is -1.15. The predicted molar refractivity (Wildman–Crippen MR) is 96.4 cm³/mol. The van der Waals surface area contributed by atoms with E-state index in [0.717, 1.165) is 17.7 Å². The van der Waals surface area contributed by atoms with Gasteiger partial charge in [0.1, 0.15) is 0 Å². The number of anilines is 2. The Labute approximate surface area is 151 Å². The normalized spacial score (nSPS) is 12.2. The summed E-state index contributed by atoms with van der Waals surface area (Å²) in [5.74, 6) is -1.53. The molecular formula is C18H22N2O6. The van der Waals surface area contributed by atoms with Crippen LogP contribution in [-0.2, 0) is 30.3 Å². The molecule has 1 aromatic rings. The summed E-state index contributed by atoms with van der Waals surface area (Å²) in [5.41, 5.74) is 1.90. The number of ether oxygens (including phenoxy) is 2. The van der Waals surface area contributed by atoms with Gasteiger partial charge in [0, 0.05) is 36.7 Å². The van der Waals surface area contributed by atoms with Gasteiger partial charge >= 0.3 is 5.97 Å². The van der Waals surface area contributed by atoms with Gasteiger partial charge < -0.3 is 25.2 Å². The first-order chi connectivity index (χ1) is 12.4. The van der Waals surface area contributed by atoms with Gasteiger partial charge in [-0.25, -0.2) is 4.79 Å². The van der Waals surface area contributed by atoms with Gasteiger partial charge in [0.15, 0.2) is 6.29 Å². The highest BCUT2D eigenvalue weighted by Gasteiger charge is 2.07. The highest BCUT2D eigenvalue weighted by Crippen LogP contribution is 2.21. The monoisotopic (exact) mass is 362 g/mol. The summed E-state index contributed by atoms with van der Waals surface area (Å²) in [5, 5.41) is 14.5. The maximum Gasteiger partial charge on any atom is 0.330 e. The zero-order valence-corrected chi connectivity index (χ0v) is 14.8. The number of carbonyl (C=O) groups is 3. The van der Waals surface area contributed by atoms with Crippen molar-refractivity contribution in [1.82, 2.24) is 0 Å². The molecule has 0 fully saturated rings. The molecule has 0 heterocycles. The van der Waals surface area contributed by atoms with Crippen molar-refractivity contribution in [3.63, 3.8) is 0 Å². The Morgan fingerprint density at radius 2 is 1.81 bits per heavy atom. The molecular weight excluding hydrogens is 340 g/mol. The van der Waals surface area contributed by atoms with Gasteiger partial charge in [-0.2, -0.15) is 0 Å². The maximum absolute atomic E-state index is 11.9. The van der Waals surface area contributed by atoms with E-state index in [1.165, 1.54) is 26.4 Å². The number of hydrogen-bond acceptors (Lipinski definition) is 6. The fourth-order valence-corrected chi connectivity index (χ4v) is 1.90. The maximum atomic E-state index is 11.9. The van der Waals surface area contributed by atoms with Crippen LogP contribution in [0.15, 0.2) is 42.5 Å². The van der Waals surface area contributed by atoms with E-state index in [4.69, 9.17) is 0 Å². The van der Waals surface area contributed by atoms with Gasteiger partial charge in [-0.1, -0.05) is 6.92 Å². The predicted octanol–water partition coefficient (Wildman–Crippen LogP) is 1.38. The van der Waals surface area contributed by atoms with Crippen molar-refractivity contribution >= 4 is 29.2 Å². The molecule has 0 aromatic heterocycles. The lowest BCUT2D eigenvalue weighted by molar-refractivity contribution is -0.135. The number of aliphatic hydroxyl groups is 1. The number of aliphatic hydroxyl groups excluding tert-OH is 1. The highest BCUT2D eigenvalue weighted by atomic mass is 16.6. The number of amides is 2. The van der Waals surface area contributed by atoms with E-state index in [2.05, 4.69) is 20.1 Å². The second kappa shape index (κ2) is 10.8. The summed E-state index contributed by atoms with van der Waals surface area (Å²) < 4.78 is 9.01. The van der Waals surface area contributed by atoms with Crippen molar-refractivity contribution in [2.24, 2.45) is 0 Å². The van der Waals surface area contributed by atoms with Crippen LogP contribution < -0.4 is 10.6 Å². The van der Waals surface area contributed by atoms with Crippen LogP contribution in [0.1, 0.15) is 12.5 Å². The topological polar surface area (TPSA) is 114 Å². The quantitative estimate of drug-likeness (QED) is 0.366. The Hall–Kier alpha value is -2.97. The number of esters is 1. The third kappa shape index (κ3) is 7.29. The molecule has 3 N–H and O–H groups in total. The first-order valence-corrected chi connectivity index (χ1v) is 7.79. The zero-order chi connectivity index (χ0) is 19.5. The van der Waals surface area contributed by atoms with Gasteiger partial charge in [-0.05, 0) is 36.3 Å². The van der Waals surface area contributed by atoms with Crippen molar-refractivity contribution in [2.75, 3.05) is 24.9 Å². The van der Waals surface area contributed by atoms with E-state index in [0.29, 0.717) is 17.8 Å². The van der Waals surface area contributed by atoms with Gasteiger partial charge in [-0.3, -0.25) is 9.59 Å². The third-order valence-electron chi connectivity index (χ3n) is 3.24. The summed E-state index contributed by atoms with van der Waals surface area (Å²) in [6.45, 7) is 1.90. The van der Waals surface area contributed by atoms with Crippen molar-refractivity contribution < 1.29 is 29.0 Å². The molecule has 1 aromatic carbocycles. The number of carbonyl (C=O) groups excluding carboxylic acids is 3. The Kier molecular flexibility index (Phi) is 8.76. The highest BCUT2D eigenvalue weighted by molar-refractivity contribution is 6.03. The minimum Gasteiger partial charge on any atom is -0.466 e. The molecule has 140 valence electrons. The van der Waals surface area contributed by atoms with Crippen LogP contribution in [0.25, 0.3) is 0 Å².